The van der Waals surface area contributed by atoms with Gasteiger partial charge in [0.15, 0.2) is 5.82 Å². The summed E-state index contributed by atoms with van der Waals surface area (Å²) in [6, 6.07) is 1.67. The minimum atomic E-state index is -0.228. The smallest absolute Gasteiger partial charge is 0.256 e. The first-order valence-corrected chi connectivity index (χ1v) is 12.5. The van der Waals surface area contributed by atoms with Gasteiger partial charge in [0.05, 0.1) is 11.6 Å². The Bertz CT molecular complexity index is 1110. The van der Waals surface area contributed by atoms with Crippen molar-refractivity contribution in [2.24, 2.45) is 5.73 Å². The number of piperidine rings is 1. The van der Waals surface area contributed by atoms with Crippen LogP contribution in [0.15, 0.2) is 24.2 Å². The van der Waals surface area contributed by atoms with Gasteiger partial charge < -0.3 is 26.3 Å². The second-order valence-electron chi connectivity index (χ2n) is 9.69. The molecule has 4 N–H and O–H groups in total. The standard InChI is InChI=1S/C26H36N8O/c1-17(2)31-24-19(14-27)12-20(16-30-24)26(35)34-11-5-4-8-22(34)21(28)13-23-29-15-18(3)25(32-23)33-9-6-7-10-33/h12-17,22,27H,4-11,28H2,1-3H3,(H,30,31). The fourth-order valence-corrected chi connectivity index (χ4v) is 4.80. The highest BCUT2D eigenvalue weighted by molar-refractivity contribution is 5.97. The van der Waals surface area contributed by atoms with Gasteiger partial charge >= 0.3 is 0 Å². The minimum Gasteiger partial charge on any atom is -0.400 e. The third-order valence-electron chi connectivity index (χ3n) is 6.56. The fraction of sp³-hybridized carbons (Fsp3) is 0.500. The van der Waals surface area contributed by atoms with Gasteiger partial charge in [0.2, 0.25) is 0 Å². The lowest BCUT2D eigenvalue weighted by Crippen LogP contribution is -2.46. The van der Waals surface area contributed by atoms with Crippen LogP contribution in [0.2, 0.25) is 0 Å². The molecule has 2 saturated heterocycles. The van der Waals surface area contributed by atoms with Crippen LogP contribution in [0.1, 0.15) is 73.3 Å². The summed E-state index contributed by atoms with van der Waals surface area (Å²) < 4.78 is 0. The second-order valence-corrected chi connectivity index (χ2v) is 9.69. The molecule has 35 heavy (non-hydrogen) atoms. The maximum Gasteiger partial charge on any atom is 0.256 e. The van der Waals surface area contributed by atoms with E-state index >= 15 is 0 Å². The normalized spacial score (nSPS) is 18.7. The number of carbonyl (C=O) groups excluding carboxylic acids is 1. The van der Waals surface area contributed by atoms with E-state index in [2.05, 4.69) is 20.2 Å². The van der Waals surface area contributed by atoms with E-state index in [9.17, 15) is 4.79 Å². The molecule has 0 aliphatic carbocycles. The van der Waals surface area contributed by atoms with E-state index in [0.717, 1.165) is 43.7 Å². The number of pyridine rings is 1. The highest BCUT2D eigenvalue weighted by Gasteiger charge is 2.30. The molecule has 0 radical (unpaired) electrons. The van der Waals surface area contributed by atoms with Crippen LogP contribution < -0.4 is 16.0 Å². The first-order valence-electron chi connectivity index (χ1n) is 12.5. The average Bonchev–Trinajstić information content (AvgIpc) is 3.39. The topological polar surface area (TPSA) is 124 Å². The van der Waals surface area contributed by atoms with Crippen LogP contribution in [-0.4, -0.2) is 63.7 Å². The van der Waals surface area contributed by atoms with Crippen molar-refractivity contribution >= 4 is 29.8 Å². The molecule has 2 fully saturated rings. The molecule has 1 atom stereocenters. The maximum absolute atomic E-state index is 13.5. The van der Waals surface area contributed by atoms with Crippen molar-refractivity contribution in [2.45, 2.75) is 65.0 Å². The molecule has 9 nitrogen and oxygen atoms in total. The van der Waals surface area contributed by atoms with Crippen molar-refractivity contribution in [3.8, 4) is 0 Å². The van der Waals surface area contributed by atoms with Crippen molar-refractivity contribution in [1.82, 2.24) is 19.9 Å². The summed E-state index contributed by atoms with van der Waals surface area (Å²) >= 11 is 0. The largest absolute Gasteiger partial charge is 0.400 e. The van der Waals surface area contributed by atoms with Crippen molar-refractivity contribution in [1.29, 1.82) is 5.41 Å². The molecular weight excluding hydrogens is 440 g/mol. The number of hydrogen-bond donors (Lipinski definition) is 3. The summed E-state index contributed by atoms with van der Waals surface area (Å²) in [6.07, 6.45) is 11.5. The van der Waals surface area contributed by atoms with Gasteiger partial charge in [0, 0.05) is 67.2 Å². The Kier molecular flexibility index (Phi) is 7.63. The third kappa shape index (κ3) is 5.61. The predicted molar refractivity (Wildman–Crippen MR) is 140 cm³/mol. The molecule has 2 aromatic heterocycles. The molecule has 0 bridgehead atoms. The van der Waals surface area contributed by atoms with Crippen LogP contribution in [0.3, 0.4) is 0 Å². The summed E-state index contributed by atoms with van der Waals surface area (Å²) in [5.74, 6) is 2.02. The van der Waals surface area contributed by atoms with Crippen molar-refractivity contribution < 1.29 is 4.79 Å². The van der Waals surface area contributed by atoms with Crippen LogP contribution in [0.4, 0.5) is 11.6 Å². The van der Waals surface area contributed by atoms with Crippen molar-refractivity contribution in [3.63, 3.8) is 0 Å². The van der Waals surface area contributed by atoms with Gasteiger partial charge in [-0.3, -0.25) is 4.79 Å². The number of carbonyl (C=O) groups is 1. The third-order valence-corrected chi connectivity index (χ3v) is 6.56. The van der Waals surface area contributed by atoms with Gasteiger partial charge in [0.25, 0.3) is 5.91 Å². The van der Waals surface area contributed by atoms with Gasteiger partial charge in [0.1, 0.15) is 11.6 Å². The van der Waals surface area contributed by atoms with Gasteiger partial charge in [-0.15, -0.1) is 0 Å². The first-order chi connectivity index (χ1) is 16.9. The molecule has 1 unspecified atom stereocenters. The monoisotopic (exact) mass is 476 g/mol. The van der Waals surface area contributed by atoms with E-state index < -0.39 is 0 Å². The van der Waals surface area contributed by atoms with E-state index in [1.165, 1.54) is 19.1 Å². The molecule has 4 heterocycles. The lowest BCUT2D eigenvalue weighted by Gasteiger charge is -2.36. The molecule has 0 spiro atoms. The summed E-state index contributed by atoms with van der Waals surface area (Å²) in [7, 11) is 0. The number of likely N-dealkylation sites (tertiary alicyclic amines) is 1. The lowest BCUT2D eigenvalue weighted by molar-refractivity contribution is 0.0652. The Morgan fingerprint density at radius 3 is 2.63 bits per heavy atom. The zero-order valence-electron chi connectivity index (χ0n) is 20.9. The Balaban J connectivity index is 1.58. The van der Waals surface area contributed by atoms with E-state index in [0.29, 0.717) is 35.0 Å². The fourth-order valence-electron chi connectivity index (χ4n) is 4.80. The first kappa shape index (κ1) is 24.6. The Morgan fingerprint density at radius 2 is 1.91 bits per heavy atom. The van der Waals surface area contributed by atoms with Crippen LogP contribution in [0, 0.1) is 12.3 Å². The van der Waals surface area contributed by atoms with Crippen molar-refractivity contribution in [2.75, 3.05) is 29.9 Å². The van der Waals surface area contributed by atoms with E-state index in [1.807, 2.05) is 37.9 Å². The van der Waals surface area contributed by atoms with Gasteiger partial charge in [-0.05, 0) is 58.9 Å². The Morgan fingerprint density at radius 1 is 1.17 bits per heavy atom. The second kappa shape index (κ2) is 10.8. The number of rotatable bonds is 7. The molecule has 4 rings (SSSR count). The number of nitrogens with two attached hydrogens (primary N) is 1. The number of hydrogen-bond acceptors (Lipinski definition) is 8. The number of amides is 1. The Hall–Kier alpha value is -3.49. The number of aryl methyl sites for hydroxylation is 1. The molecule has 1 amide bonds. The van der Waals surface area contributed by atoms with Crippen LogP contribution in [0.5, 0.6) is 0 Å². The number of aromatic nitrogens is 3. The summed E-state index contributed by atoms with van der Waals surface area (Å²) in [5, 5.41) is 11.0. The summed E-state index contributed by atoms with van der Waals surface area (Å²) in [6.45, 7) is 8.70. The number of nitrogens with one attached hydrogen (secondary N) is 2. The molecule has 0 aromatic carbocycles. The van der Waals surface area contributed by atoms with E-state index in [-0.39, 0.29) is 18.0 Å². The molecule has 186 valence electrons. The average molecular weight is 477 g/mol. The summed E-state index contributed by atoms with van der Waals surface area (Å²) in [5.41, 5.74) is 9.27. The maximum atomic E-state index is 13.5. The van der Waals surface area contributed by atoms with Gasteiger partial charge in [-0.1, -0.05) is 0 Å². The quantitative estimate of drug-likeness (QED) is 0.522. The number of nitrogens with zero attached hydrogens (tertiary/aromatic N) is 5. The predicted octanol–water partition coefficient (Wildman–Crippen LogP) is 3.59. The van der Waals surface area contributed by atoms with E-state index in [4.69, 9.17) is 16.1 Å². The SMILES string of the molecule is Cc1cnc(C=C(N)C2CCCCN2C(=O)c2cnc(NC(C)C)c(C=N)c2)nc1N1CCCC1. The highest BCUT2D eigenvalue weighted by Crippen LogP contribution is 2.26. The highest BCUT2D eigenvalue weighted by atomic mass is 16.2. The molecule has 2 aromatic rings. The summed E-state index contributed by atoms with van der Waals surface area (Å²) in [4.78, 5) is 31.3. The van der Waals surface area contributed by atoms with Gasteiger partial charge in [-0.2, -0.15) is 0 Å². The van der Waals surface area contributed by atoms with Crippen LogP contribution >= 0.6 is 0 Å². The van der Waals surface area contributed by atoms with Crippen LogP contribution in [-0.2, 0) is 0 Å². The van der Waals surface area contributed by atoms with Crippen molar-refractivity contribution in [3.05, 3.63) is 46.7 Å². The molecular formula is C26H36N8O. The lowest BCUT2D eigenvalue weighted by atomic mass is 9.98. The molecule has 0 saturated carbocycles. The molecule has 2 aliphatic rings. The Labute approximate surface area is 207 Å². The molecule has 9 heteroatoms. The number of anilines is 2. The molecule has 2 aliphatic heterocycles. The van der Waals surface area contributed by atoms with Gasteiger partial charge in [-0.25, -0.2) is 15.0 Å². The zero-order chi connectivity index (χ0) is 24.9. The van der Waals surface area contributed by atoms with Crippen LogP contribution in [0.25, 0.3) is 6.08 Å². The zero-order valence-corrected chi connectivity index (χ0v) is 20.9. The van der Waals surface area contributed by atoms with E-state index in [1.54, 1.807) is 12.3 Å². The minimum absolute atomic E-state index is 0.125.